The number of nitrogens with zero attached hydrogens (tertiary/aromatic N) is 1. The quantitative estimate of drug-likeness (QED) is 0.388. The molecule has 0 spiro atoms. The minimum Gasteiger partial charge on any atom is -1.00 e. The molecule has 19 heavy (non-hydrogen) atoms. The van der Waals surface area contributed by atoms with Crippen molar-refractivity contribution in [3.05, 3.63) is 11.1 Å². The molecule has 0 aromatic rings. The van der Waals surface area contributed by atoms with E-state index in [9.17, 15) is 0 Å². The van der Waals surface area contributed by atoms with Gasteiger partial charge in [-0.15, -0.1) is 0 Å². The molecular formula is C17H30IN. The summed E-state index contributed by atoms with van der Waals surface area (Å²) < 4.78 is 1.36. The average molecular weight is 375 g/mol. The zero-order valence-electron chi connectivity index (χ0n) is 13.0. The molecule has 0 radical (unpaired) electrons. The number of likely N-dealkylation sites (N-methyl/N-ethyl adjacent to an activating group) is 1. The fourth-order valence-electron chi connectivity index (χ4n) is 5.28. The van der Waals surface area contributed by atoms with Gasteiger partial charge in [-0.25, -0.2) is 0 Å². The second kappa shape index (κ2) is 5.67. The molecule has 1 saturated heterocycles. The number of hydrogen-bond acceptors (Lipinski definition) is 0. The minimum absolute atomic E-state index is 0. The Bertz CT molecular complexity index is 375. The first-order valence-electron chi connectivity index (χ1n) is 8.15. The van der Waals surface area contributed by atoms with Gasteiger partial charge in [-0.2, -0.15) is 0 Å². The Labute approximate surface area is 136 Å². The van der Waals surface area contributed by atoms with Crippen LogP contribution in [0, 0.1) is 5.92 Å². The van der Waals surface area contributed by atoms with E-state index < -0.39 is 0 Å². The van der Waals surface area contributed by atoms with Gasteiger partial charge in [0.1, 0.15) is 5.54 Å². The van der Waals surface area contributed by atoms with Gasteiger partial charge in [-0.1, -0.05) is 18.9 Å². The van der Waals surface area contributed by atoms with Gasteiger partial charge in [-0.3, -0.25) is 0 Å². The fourth-order valence-corrected chi connectivity index (χ4v) is 5.28. The summed E-state index contributed by atoms with van der Waals surface area (Å²) in [4.78, 5) is 0. The first-order valence-corrected chi connectivity index (χ1v) is 8.15. The summed E-state index contributed by atoms with van der Waals surface area (Å²) in [7, 11) is 2.55. The third-order valence-electron chi connectivity index (χ3n) is 6.38. The van der Waals surface area contributed by atoms with Gasteiger partial charge in [0.2, 0.25) is 0 Å². The van der Waals surface area contributed by atoms with Crippen LogP contribution < -0.4 is 24.0 Å². The van der Waals surface area contributed by atoms with Crippen LogP contribution in [0.1, 0.15) is 65.2 Å². The maximum Gasteiger partial charge on any atom is 0.118 e. The summed E-state index contributed by atoms with van der Waals surface area (Å²) in [5.41, 5.74) is 4.28. The van der Waals surface area contributed by atoms with Gasteiger partial charge in [0, 0.05) is 18.8 Å². The summed E-state index contributed by atoms with van der Waals surface area (Å²) in [5, 5.41) is 0. The number of rotatable bonds is 2. The van der Waals surface area contributed by atoms with Gasteiger partial charge < -0.3 is 28.5 Å². The van der Waals surface area contributed by atoms with Crippen LogP contribution in [0.2, 0.25) is 0 Å². The molecule has 1 nitrogen and oxygen atoms in total. The van der Waals surface area contributed by atoms with E-state index >= 15 is 0 Å². The van der Waals surface area contributed by atoms with E-state index in [1.165, 1.54) is 68.9 Å². The van der Waals surface area contributed by atoms with Crippen molar-refractivity contribution in [2.45, 2.75) is 70.8 Å². The summed E-state index contributed by atoms with van der Waals surface area (Å²) >= 11 is 0. The maximum absolute atomic E-state index is 2.60. The highest BCUT2D eigenvalue weighted by atomic mass is 127. The Balaban J connectivity index is 0.00000133. The molecule has 0 bridgehead atoms. The van der Waals surface area contributed by atoms with Crippen LogP contribution in [0.15, 0.2) is 11.1 Å². The van der Waals surface area contributed by atoms with Crippen molar-refractivity contribution >= 4 is 0 Å². The second-order valence-corrected chi connectivity index (χ2v) is 7.47. The Morgan fingerprint density at radius 2 is 1.95 bits per heavy atom. The van der Waals surface area contributed by atoms with Gasteiger partial charge in [0.15, 0.2) is 0 Å². The molecule has 1 fully saturated rings. The minimum atomic E-state index is 0. The van der Waals surface area contributed by atoms with E-state index in [0.717, 1.165) is 5.92 Å². The zero-order chi connectivity index (χ0) is 12.8. The molecule has 3 aliphatic rings. The lowest BCUT2D eigenvalue weighted by atomic mass is 9.73. The lowest BCUT2D eigenvalue weighted by Gasteiger charge is -2.51. The highest BCUT2D eigenvalue weighted by molar-refractivity contribution is 5.29. The van der Waals surface area contributed by atoms with E-state index in [1.54, 1.807) is 0 Å². The van der Waals surface area contributed by atoms with Crippen LogP contribution in [0.3, 0.4) is 0 Å². The smallest absolute Gasteiger partial charge is 0.118 e. The normalized spacial score (nSPS) is 41.5. The van der Waals surface area contributed by atoms with Crippen molar-refractivity contribution in [2.75, 3.05) is 20.1 Å². The first kappa shape index (κ1) is 15.8. The Kier molecular flexibility index (Phi) is 4.72. The molecule has 2 heterocycles. The van der Waals surface area contributed by atoms with Gasteiger partial charge in [0.25, 0.3) is 0 Å². The van der Waals surface area contributed by atoms with Crippen LogP contribution in [0.5, 0.6) is 0 Å². The van der Waals surface area contributed by atoms with Gasteiger partial charge in [0.05, 0.1) is 20.1 Å². The zero-order valence-corrected chi connectivity index (χ0v) is 15.1. The Hall–Kier alpha value is 0.430. The molecule has 0 amide bonds. The van der Waals surface area contributed by atoms with Crippen LogP contribution in [0.25, 0.3) is 0 Å². The maximum atomic E-state index is 2.60. The third-order valence-corrected chi connectivity index (χ3v) is 6.38. The van der Waals surface area contributed by atoms with Crippen LogP contribution in [-0.2, 0) is 0 Å². The molecule has 0 N–H and O–H groups in total. The van der Waals surface area contributed by atoms with Crippen molar-refractivity contribution in [2.24, 2.45) is 5.92 Å². The van der Waals surface area contributed by atoms with E-state index in [4.69, 9.17) is 0 Å². The third kappa shape index (κ3) is 2.41. The summed E-state index contributed by atoms with van der Waals surface area (Å²) in [6, 6.07) is 0. The van der Waals surface area contributed by atoms with E-state index in [0.29, 0.717) is 5.54 Å². The number of hydrogen-bond donors (Lipinski definition) is 0. The molecule has 0 aromatic heterocycles. The van der Waals surface area contributed by atoms with Crippen LogP contribution in [-0.4, -0.2) is 30.2 Å². The molecule has 0 aromatic carbocycles. The molecule has 2 aliphatic heterocycles. The highest BCUT2D eigenvalue weighted by Crippen LogP contribution is 2.52. The summed E-state index contributed by atoms with van der Waals surface area (Å²) in [6.07, 6.45) is 11.4. The fraction of sp³-hybridized carbons (Fsp3) is 0.882. The van der Waals surface area contributed by atoms with Crippen LogP contribution >= 0.6 is 0 Å². The average Bonchev–Trinajstić information content (AvgIpc) is 2.62. The topological polar surface area (TPSA) is 0 Å². The molecular weight excluding hydrogens is 345 g/mol. The van der Waals surface area contributed by atoms with Crippen LogP contribution in [0.4, 0.5) is 0 Å². The van der Waals surface area contributed by atoms with Crippen molar-refractivity contribution < 1.29 is 28.5 Å². The number of quaternary nitrogens is 1. The molecule has 110 valence electrons. The lowest BCUT2D eigenvalue weighted by Crippen LogP contribution is -3.00. The largest absolute Gasteiger partial charge is 1.00 e. The predicted octanol–water partition coefficient (Wildman–Crippen LogP) is 1.29. The van der Waals surface area contributed by atoms with Crippen molar-refractivity contribution in [3.63, 3.8) is 0 Å². The molecule has 3 unspecified atom stereocenters. The van der Waals surface area contributed by atoms with E-state index in [-0.39, 0.29) is 24.0 Å². The van der Waals surface area contributed by atoms with Crippen molar-refractivity contribution in [3.8, 4) is 0 Å². The van der Waals surface area contributed by atoms with Gasteiger partial charge >= 0.3 is 0 Å². The predicted molar refractivity (Wildman–Crippen MR) is 77.4 cm³/mol. The highest BCUT2D eigenvalue weighted by Gasteiger charge is 2.56. The molecule has 3 atom stereocenters. The standard InChI is InChI=1S/C17H30N.HI/c1-4-7-14-12-17(2)16-9-6-5-8-15(16)10-11-18(17,3)13-14;/h14H,4-13H2,1-3H3;1H/q+1;/p-1. The molecule has 3 rings (SSSR count). The monoisotopic (exact) mass is 375 g/mol. The molecule has 1 aliphatic carbocycles. The number of fused-ring (bicyclic) bond motifs is 2. The second-order valence-electron chi connectivity index (χ2n) is 7.47. The Morgan fingerprint density at radius 3 is 2.68 bits per heavy atom. The van der Waals surface area contributed by atoms with Gasteiger partial charge in [-0.05, 0) is 44.6 Å². The summed E-state index contributed by atoms with van der Waals surface area (Å²) in [5.74, 6) is 0.985. The molecule has 2 heteroatoms. The van der Waals surface area contributed by atoms with E-state index in [2.05, 4.69) is 20.9 Å². The SMILES string of the molecule is CCCC1CC2(C)C3=C(CCCC3)CC[N+]2(C)C1.[I-]. The lowest BCUT2D eigenvalue weighted by molar-refractivity contribution is -0.942. The van der Waals surface area contributed by atoms with Crippen molar-refractivity contribution in [1.82, 2.24) is 0 Å². The summed E-state index contributed by atoms with van der Waals surface area (Å²) in [6.45, 7) is 7.81. The van der Waals surface area contributed by atoms with Crippen molar-refractivity contribution in [1.29, 1.82) is 0 Å². The first-order chi connectivity index (χ1) is 8.59. The van der Waals surface area contributed by atoms with E-state index in [1.807, 2.05) is 11.1 Å². The number of halogens is 1. The molecule has 0 saturated carbocycles. The Morgan fingerprint density at radius 1 is 1.21 bits per heavy atom.